The van der Waals surface area contributed by atoms with Crippen LogP contribution in [0, 0.1) is 10.8 Å². The summed E-state index contributed by atoms with van der Waals surface area (Å²) in [6, 6.07) is 0. The van der Waals surface area contributed by atoms with E-state index in [1.165, 1.54) is 6.20 Å². The van der Waals surface area contributed by atoms with Crippen LogP contribution < -0.4 is 5.32 Å². The number of anilines is 1. The fourth-order valence-corrected chi connectivity index (χ4v) is 4.08. The summed E-state index contributed by atoms with van der Waals surface area (Å²) >= 11 is 0. The Morgan fingerprint density at radius 3 is 2.42 bits per heavy atom. The number of carbonyl (C=O) groups excluding carboxylic acids is 1. The summed E-state index contributed by atoms with van der Waals surface area (Å²) in [7, 11) is 0. The quantitative estimate of drug-likeness (QED) is 0.860. The highest BCUT2D eigenvalue weighted by Crippen LogP contribution is 2.73. The molecule has 130 valence electrons. The summed E-state index contributed by atoms with van der Waals surface area (Å²) in [4.78, 5) is 23.5. The SMILES string of the molecule is O=C(O)C12CC(C(=O)Nc3cnn(CC(F)(F)F)c3C3CC3)(C1)C2. The number of carboxylic acids is 1. The number of halogens is 3. The highest BCUT2D eigenvalue weighted by atomic mass is 19.4. The lowest BCUT2D eigenvalue weighted by Gasteiger charge is -2.66. The standard InChI is InChI=1S/C15H16F3N3O3/c16-15(17,18)7-21-10(8-1-2-8)9(3-19-21)20-11(22)13-4-14(5-13,6-13)12(23)24/h3,8H,1-2,4-7H2,(H,20,22)(H,23,24). The summed E-state index contributed by atoms with van der Waals surface area (Å²) in [6.45, 7) is -1.18. The zero-order chi connectivity index (χ0) is 17.3. The normalized spacial score (nSPS) is 31.1. The lowest BCUT2D eigenvalue weighted by molar-refractivity contribution is -0.217. The lowest BCUT2D eigenvalue weighted by Crippen LogP contribution is -2.69. The average molecular weight is 343 g/mol. The van der Waals surface area contributed by atoms with Gasteiger partial charge in [0.15, 0.2) is 0 Å². The average Bonchev–Trinajstić information content (AvgIpc) is 3.08. The number of hydrogen-bond acceptors (Lipinski definition) is 3. The smallest absolute Gasteiger partial charge is 0.408 e. The van der Waals surface area contributed by atoms with Crippen LogP contribution in [-0.4, -0.2) is 32.9 Å². The minimum absolute atomic E-state index is 0.0106. The van der Waals surface area contributed by atoms with Crippen LogP contribution in [0.1, 0.15) is 43.7 Å². The fourth-order valence-electron chi connectivity index (χ4n) is 4.08. The van der Waals surface area contributed by atoms with E-state index in [2.05, 4.69) is 10.4 Å². The van der Waals surface area contributed by atoms with Gasteiger partial charge in [0, 0.05) is 5.92 Å². The van der Waals surface area contributed by atoms with Crippen LogP contribution in [0.2, 0.25) is 0 Å². The first-order valence-electron chi connectivity index (χ1n) is 7.82. The third-order valence-electron chi connectivity index (χ3n) is 5.39. The Morgan fingerprint density at radius 2 is 1.92 bits per heavy atom. The largest absolute Gasteiger partial charge is 0.481 e. The summed E-state index contributed by atoms with van der Waals surface area (Å²) in [6.07, 6.45) is -0.655. The van der Waals surface area contributed by atoms with E-state index >= 15 is 0 Å². The Hall–Kier alpha value is -2.06. The molecule has 1 amide bonds. The minimum Gasteiger partial charge on any atom is -0.481 e. The number of hydrogen-bond donors (Lipinski definition) is 2. The number of carboxylic acid groups (broad SMARTS) is 1. The molecule has 4 aliphatic carbocycles. The van der Waals surface area contributed by atoms with Gasteiger partial charge in [-0.2, -0.15) is 18.3 Å². The van der Waals surface area contributed by atoms with Gasteiger partial charge in [0.05, 0.1) is 28.4 Å². The zero-order valence-corrected chi connectivity index (χ0v) is 12.7. The molecule has 4 saturated carbocycles. The van der Waals surface area contributed by atoms with Gasteiger partial charge in [-0.1, -0.05) is 0 Å². The molecule has 4 aliphatic rings. The van der Waals surface area contributed by atoms with Gasteiger partial charge in [-0.25, -0.2) is 0 Å². The number of aliphatic carboxylic acids is 1. The molecule has 6 nitrogen and oxygen atoms in total. The maximum Gasteiger partial charge on any atom is 0.408 e. The van der Waals surface area contributed by atoms with Crippen molar-refractivity contribution in [1.29, 1.82) is 0 Å². The summed E-state index contributed by atoms with van der Waals surface area (Å²) in [5, 5.41) is 15.6. The van der Waals surface area contributed by atoms with Crippen LogP contribution in [0.4, 0.5) is 18.9 Å². The number of alkyl halides is 3. The molecular weight excluding hydrogens is 327 g/mol. The lowest BCUT2D eigenvalue weighted by atomic mass is 9.35. The first kappa shape index (κ1) is 15.5. The molecule has 9 heteroatoms. The van der Waals surface area contributed by atoms with Crippen molar-refractivity contribution in [1.82, 2.24) is 9.78 Å². The number of nitrogens with one attached hydrogen (secondary N) is 1. The molecular formula is C15H16F3N3O3. The van der Waals surface area contributed by atoms with Gasteiger partial charge in [-0.15, -0.1) is 0 Å². The summed E-state index contributed by atoms with van der Waals surface area (Å²) < 4.78 is 38.9. The molecule has 0 saturated heterocycles. The molecule has 0 atom stereocenters. The van der Waals surface area contributed by atoms with Crippen LogP contribution in [0.3, 0.4) is 0 Å². The van der Waals surface area contributed by atoms with Crippen LogP contribution in [0.25, 0.3) is 0 Å². The van der Waals surface area contributed by atoms with Crippen LogP contribution in [0.15, 0.2) is 6.20 Å². The highest BCUT2D eigenvalue weighted by Gasteiger charge is 2.75. The molecule has 0 unspecified atom stereocenters. The van der Waals surface area contributed by atoms with E-state index in [-0.39, 0.29) is 11.8 Å². The molecule has 0 aliphatic heterocycles. The van der Waals surface area contributed by atoms with Crippen molar-refractivity contribution in [2.45, 2.75) is 50.7 Å². The third kappa shape index (κ3) is 2.21. The predicted octanol–water partition coefficient (Wildman–Crippen LogP) is 2.52. The Kier molecular flexibility index (Phi) is 2.91. The van der Waals surface area contributed by atoms with Gasteiger partial charge in [0.1, 0.15) is 6.54 Å². The predicted molar refractivity (Wildman–Crippen MR) is 75.2 cm³/mol. The van der Waals surface area contributed by atoms with E-state index in [1.54, 1.807) is 0 Å². The molecule has 2 N–H and O–H groups in total. The van der Waals surface area contributed by atoms with E-state index in [4.69, 9.17) is 5.11 Å². The monoisotopic (exact) mass is 343 g/mol. The van der Waals surface area contributed by atoms with Gasteiger partial charge in [0.2, 0.25) is 5.91 Å². The summed E-state index contributed by atoms with van der Waals surface area (Å²) in [5.74, 6) is -1.20. The number of carbonyl (C=O) groups is 2. The van der Waals surface area contributed by atoms with E-state index in [0.717, 1.165) is 17.5 Å². The van der Waals surface area contributed by atoms with Gasteiger partial charge in [-0.05, 0) is 32.1 Å². The van der Waals surface area contributed by atoms with Crippen molar-refractivity contribution in [3.8, 4) is 0 Å². The Morgan fingerprint density at radius 1 is 1.29 bits per heavy atom. The highest BCUT2D eigenvalue weighted by molar-refractivity contribution is 6.01. The third-order valence-corrected chi connectivity index (χ3v) is 5.39. The van der Waals surface area contributed by atoms with Gasteiger partial charge < -0.3 is 10.4 Å². The first-order valence-corrected chi connectivity index (χ1v) is 7.82. The number of amides is 1. The molecule has 24 heavy (non-hydrogen) atoms. The van der Waals surface area contributed by atoms with Gasteiger partial charge in [-0.3, -0.25) is 14.3 Å². The van der Waals surface area contributed by atoms with Crippen LogP contribution >= 0.6 is 0 Å². The second-order valence-corrected chi connectivity index (χ2v) is 7.34. The van der Waals surface area contributed by atoms with Crippen molar-refractivity contribution >= 4 is 17.6 Å². The van der Waals surface area contributed by atoms with Crippen molar-refractivity contribution in [2.75, 3.05) is 5.32 Å². The molecule has 1 aromatic heterocycles. The van der Waals surface area contributed by atoms with Crippen LogP contribution in [-0.2, 0) is 16.1 Å². The van der Waals surface area contributed by atoms with Gasteiger partial charge >= 0.3 is 12.1 Å². The molecule has 4 fully saturated rings. The van der Waals surface area contributed by atoms with Crippen LogP contribution in [0.5, 0.6) is 0 Å². The summed E-state index contributed by atoms with van der Waals surface area (Å²) in [5.41, 5.74) is -0.705. The zero-order valence-electron chi connectivity index (χ0n) is 12.7. The first-order chi connectivity index (χ1) is 11.1. The fraction of sp³-hybridized carbons (Fsp3) is 0.667. The maximum atomic E-state index is 12.7. The second-order valence-electron chi connectivity index (χ2n) is 7.34. The van der Waals surface area contributed by atoms with Crippen molar-refractivity contribution < 1.29 is 27.9 Å². The Balaban J connectivity index is 1.50. The molecule has 5 rings (SSSR count). The number of nitrogens with zero attached hydrogens (tertiary/aromatic N) is 2. The molecule has 0 aromatic carbocycles. The van der Waals surface area contributed by atoms with Crippen molar-refractivity contribution in [2.24, 2.45) is 10.8 Å². The van der Waals surface area contributed by atoms with Gasteiger partial charge in [0.25, 0.3) is 0 Å². The number of rotatable bonds is 5. The Bertz CT molecular complexity index is 716. The van der Waals surface area contributed by atoms with Crippen molar-refractivity contribution in [3.05, 3.63) is 11.9 Å². The molecule has 1 aromatic rings. The minimum atomic E-state index is -4.38. The number of aromatic nitrogens is 2. The van der Waals surface area contributed by atoms with Crippen molar-refractivity contribution in [3.63, 3.8) is 0 Å². The maximum absolute atomic E-state index is 12.7. The topological polar surface area (TPSA) is 84.2 Å². The molecule has 0 spiro atoms. The Labute approximate surface area is 135 Å². The van der Waals surface area contributed by atoms with E-state index < -0.39 is 29.5 Å². The molecule has 0 radical (unpaired) electrons. The van der Waals surface area contributed by atoms with E-state index in [9.17, 15) is 22.8 Å². The molecule has 2 bridgehead atoms. The van der Waals surface area contributed by atoms with E-state index in [1.807, 2.05) is 0 Å². The second kappa shape index (κ2) is 4.52. The molecule has 1 heterocycles. The van der Waals surface area contributed by atoms with E-state index in [0.29, 0.717) is 30.6 Å².